The largest absolute Gasteiger partial charge is 0.460 e. The van der Waals surface area contributed by atoms with Crippen LogP contribution in [-0.4, -0.2) is 44.4 Å². The fourth-order valence-corrected chi connectivity index (χ4v) is 1.93. The third kappa shape index (κ3) is 2.88. The molecular weight excluding hydrogens is 256 g/mol. The van der Waals surface area contributed by atoms with Gasteiger partial charge in [-0.25, -0.2) is 9.78 Å². The normalized spacial score (nSPS) is 26.3. The van der Waals surface area contributed by atoms with Crippen molar-refractivity contribution in [3.05, 3.63) is 16.8 Å². The lowest BCUT2D eigenvalue weighted by Gasteiger charge is -2.15. The number of anilines is 1. The zero-order valence-electron chi connectivity index (χ0n) is 10.2. The third-order valence-electron chi connectivity index (χ3n) is 2.73. The summed E-state index contributed by atoms with van der Waals surface area (Å²) in [4.78, 5) is 29.8. The van der Waals surface area contributed by atoms with Crippen LogP contribution in [0.2, 0.25) is 0 Å². The smallest absolute Gasteiger partial charge is 0.354 e. The maximum absolute atomic E-state index is 11.6. The predicted octanol–water partition coefficient (Wildman–Crippen LogP) is -1.57. The number of rotatable bonds is 3. The minimum atomic E-state index is -0.699. The number of nitrogen functional groups attached to an aromatic ring is 1. The quantitative estimate of drug-likeness (QED) is 0.630. The van der Waals surface area contributed by atoms with E-state index in [0.717, 1.165) is 4.57 Å². The van der Waals surface area contributed by atoms with Crippen molar-refractivity contribution in [3.63, 3.8) is 0 Å². The summed E-state index contributed by atoms with van der Waals surface area (Å²) >= 11 is 0. The van der Waals surface area contributed by atoms with Gasteiger partial charge in [-0.3, -0.25) is 9.36 Å². The van der Waals surface area contributed by atoms with Gasteiger partial charge < -0.3 is 20.3 Å². The second-order valence-electron chi connectivity index (χ2n) is 4.10. The molecule has 0 bridgehead atoms. The Hall–Kier alpha value is -2.00. The average molecular weight is 270 g/mol. The molecule has 2 heterocycles. The topological polar surface area (TPSA) is 130 Å². The van der Waals surface area contributed by atoms with Crippen molar-refractivity contribution in [3.8, 4) is 0 Å². The average Bonchev–Trinajstić information content (AvgIpc) is 2.71. The molecule has 2 rings (SSSR count). The van der Waals surface area contributed by atoms with E-state index in [1.54, 1.807) is 0 Å². The van der Waals surface area contributed by atoms with Gasteiger partial charge in [0, 0.05) is 13.3 Å². The van der Waals surface area contributed by atoms with Crippen molar-refractivity contribution in [1.29, 1.82) is 0 Å². The monoisotopic (exact) mass is 270 g/mol. The zero-order chi connectivity index (χ0) is 14.0. The van der Waals surface area contributed by atoms with Gasteiger partial charge in [0.1, 0.15) is 24.8 Å². The summed E-state index contributed by atoms with van der Waals surface area (Å²) in [6.07, 6.45) is -0.553. The van der Waals surface area contributed by atoms with Crippen LogP contribution in [-0.2, 0) is 14.3 Å². The summed E-state index contributed by atoms with van der Waals surface area (Å²) in [5, 5.41) is 9.17. The van der Waals surface area contributed by atoms with Gasteiger partial charge in [0.05, 0.1) is 6.61 Å². The highest BCUT2D eigenvalue weighted by molar-refractivity contribution is 5.66. The van der Waals surface area contributed by atoms with E-state index >= 15 is 0 Å². The summed E-state index contributed by atoms with van der Waals surface area (Å²) in [6.45, 7) is 0.944. The summed E-state index contributed by atoms with van der Waals surface area (Å²) < 4.78 is 11.6. The highest BCUT2D eigenvalue weighted by Gasteiger charge is 2.38. The van der Waals surface area contributed by atoms with E-state index in [2.05, 4.69) is 9.97 Å². The lowest BCUT2D eigenvalue weighted by molar-refractivity contribution is -0.150. The molecule has 0 amide bonds. The van der Waals surface area contributed by atoms with Gasteiger partial charge in [0.25, 0.3) is 0 Å². The van der Waals surface area contributed by atoms with Gasteiger partial charge in [-0.15, -0.1) is 0 Å². The molecule has 9 nitrogen and oxygen atoms in total. The van der Waals surface area contributed by atoms with Gasteiger partial charge >= 0.3 is 11.7 Å². The molecule has 0 unspecified atom stereocenters. The molecule has 0 saturated carbocycles. The van der Waals surface area contributed by atoms with Crippen LogP contribution < -0.4 is 11.4 Å². The lowest BCUT2D eigenvalue weighted by atomic mass is 10.2. The molecule has 19 heavy (non-hydrogen) atoms. The molecule has 0 aliphatic carbocycles. The number of ether oxygens (including phenoxy) is 2. The highest BCUT2D eigenvalue weighted by atomic mass is 16.6. The molecular formula is C10H14N4O5. The molecule has 1 aromatic heterocycles. The van der Waals surface area contributed by atoms with E-state index in [0.29, 0.717) is 0 Å². The molecule has 1 saturated heterocycles. The second-order valence-corrected chi connectivity index (χ2v) is 4.10. The molecule has 1 aliphatic rings. The van der Waals surface area contributed by atoms with Crippen molar-refractivity contribution in [1.82, 2.24) is 14.5 Å². The summed E-state index contributed by atoms with van der Waals surface area (Å²) in [6, 6.07) is 0. The number of aliphatic hydroxyl groups is 1. The van der Waals surface area contributed by atoms with E-state index < -0.39 is 30.1 Å². The molecule has 104 valence electrons. The number of carbonyl (C=O) groups is 1. The molecule has 0 aromatic carbocycles. The van der Waals surface area contributed by atoms with Crippen molar-refractivity contribution in [2.45, 2.75) is 31.8 Å². The van der Waals surface area contributed by atoms with Crippen molar-refractivity contribution >= 4 is 11.9 Å². The predicted molar refractivity (Wildman–Crippen MR) is 61.9 cm³/mol. The van der Waals surface area contributed by atoms with E-state index in [1.165, 1.54) is 13.3 Å². The number of nitrogens with zero attached hydrogens (tertiary/aromatic N) is 3. The Balaban J connectivity index is 2.19. The van der Waals surface area contributed by atoms with Gasteiger partial charge in [0.15, 0.2) is 0 Å². The van der Waals surface area contributed by atoms with E-state index in [-0.39, 0.29) is 19.0 Å². The van der Waals surface area contributed by atoms with Crippen molar-refractivity contribution in [2.75, 3.05) is 12.3 Å². The minimum absolute atomic E-state index is 0.130. The van der Waals surface area contributed by atoms with Gasteiger partial charge in [0.2, 0.25) is 5.95 Å². The van der Waals surface area contributed by atoms with Crippen LogP contribution in [0.3, 0.4) is 0 Å². The van der Waals surface area contributed by atoms with Crippen LogP contribution in [0.5, 0.6) is 0 Å². The Morgan fingerprint density at radius 2 is 2.47 bits per heavy atom. The first-order valence-electron chi connectivity index (χ1n) is 5.65. The van der Waals surface area contributed by atoms with Crippen LogP contribution >= 0.6 is 0 Å². The number of esters is 1. The lowest BCUT2D eigenvalue weighted by Crippen LogP contribution is -2.29. The Bertz CT molecular complexity index is 531. The molecule has 3 atom stereocenters. The number of hydrogen-bond acceptors (Lipinski definition) is 8. The Kier molecular flexibility index (Phi) is 3.76. The van der Waals surface area contributed by atoms with Crippen molar-refractivity contribution in [2.24, 2.45) is 0 Å². The first-order chi connectivity index (χ1) is 9.01. The maximum Gasteiger partial charge on any atom is 0.354 e. The fourth-order valence-electron chi connectivity index (χ4n) is 1.93. The molecule has 0 spiro atoms. The molecule has 1 aliphatic heterocycles. The minimum Gasteiger partial charge on any atom is -0.460 e. The van der Waals surface area contributed by atoms with E-state index in [1.807, 2.05) is 0 Å². The third-order valence-corrected chi connectivity index (χ3v) is 2.73. The standard InChI is InChI=1S/C10H14N4O5/c1-5(16)18-6-2-8(19-7(6)3-15)14-4-12-9(11)13-10(14)17/h4,6-8,15H,2-3H2,1H3,(H2,11,13,17)/t6-,7+,8-/m0/s1. The van der Waals surface area contributed by atoms with Gasteiger partial charge in [-0.2, -0.15) is 4.98 Å². The highest BCUT2D eigenvalue weighted by Crippen LogP contribution is 2.29. The van der Waals surface area contributed by atoms with Crippen LogP contribution in [0, 0.1) is 0 Å². The van der Waals surface area contributed by atoms with Crippen LogP contribution in [0.15, 0.2) is 11.1 Å². The number of hydrogen-bond donors (Lipinski definition) is 2. The fraction of sp³-hybridized carbons (Fsp3) is 0.600. The van der Waals surface area contributed by atoms with Crippen molar-refractivity contribution < 1.29 is 19.4 Å². The first-order valence-corrected chi connectivity index (χ1v) is 5.65. The molecule has 3 N–H and O–H groups in total. The Morgan fingerprint density at radius 3 is 3.05 bits per heavy atom. The number of aromatic nitrogens is 3. The summed E-state index contributed by atoms with van der Waals surface area (Å²) in [7, 11) is 0. The number of nitrogens with two attached hydrogens (primary N) is 1. The van der Waals surface area contributed by atoms with E-state index in [4.69, 9.17) is 15.2 Å². The molecule has 1 aromatic rings. The molecule has 1 fully saturated rings. The SMILES string of the molecule is CC(=O)O[C@H]1C[C@@H](n2cnc(N)nc2=O)O[C@@H]1CO. The second kappa shape index (κ2) is 5.33. The summed E-state index contributed by atoms with van der Waals surface area (Å²) in [5.41, 5.74) is 4.67. The van der Waals surface area contributed by atoms with Gasteiger partial charge in [-0.05, 0) is 0 Å². The Morgan fingerprint density at radius 1 is 1.74 bits per heavy atom. The van der Waals surface area contributed by atoms with Crippen LogP contribution in [0.4, 0.5) is 5.95 Å². The van der Waals surface area contributed by atoms with Crippen LogP contribution in [0.25, 0.3) is 0 Å². The van der Waals surface area contributed by atoms with E-state index in [9.17, 15) is 14.7 Å². The maximum atomic E-state index is 11.6. The molecule has 0 radical (unpaired) electrons. The number of aliphatic hydroxyl groups excluding tert-OH is 1. The summed E-state index contributed by atoms with van der Waals surface area (Å²) in [5.74, 6) is -0.608. The van der Waals surface area contributed by atoms with Crippen LogP contribution in [0.1, 0.15) is 19.6 Å². The number of carbonyl (C=O) groups excluding carboxylic acids is 1. The molecule has 9 heteroatoms. The first kappa shape index (κ1) is 13.4. The Labute approximate surface area is 108 Å². The van der Waals surface area contributed by atoms with Gasteiger partial charge in [-0.1, -0.05) is 0 Å². The zero-order valence-corrected chi connectivity index (χ0v) is 10.2.